The average molecular weight is 156 g/mol. The zero-order valence-electron chi connectivity index (χ0n) is 6.83. The van der Waals surface area contributed by atoms with Crippen molar-refractivity contribution in [2.75, 3.05) is 27.2 Å². The summed E-state index contributed by atoms with van der Waals surface area (Å²) in [7, 11) is 3.14. The summed E-state index contributed by atoms with van der Waals surface area (Å²) >= 11 is 0. The van der Waals surface area contributed by atoms with Crippen LogP contribution in [0.15, 0.2) is 0 Å². The molecule has 0 heterocycles. The SMILES string of the molecule is COC(=O)CCN(C)CC#N. The van der Waals surface area contributed by atoms with Crippen molar-refractivity contribution >= 4 is 5.97 Å². The van der Waals surface area contributed by atoms with Gasteiger partial charge in [0.05, 0.1) is 26.1 Å². The van der Waals surface area contributed by atoms with Crippen molar-refractivity contribution in [1.82, 2.24) is 4.90 Å². The molecule has 0 amide bonds. The Morgan fingerprint density at radius 2 is 2.36 bits per heavy atom. The first-order valence-corrected chi connectivity index (χ1v) is 3.33. The predicted octanol–water partition coefficient (Wildman–Crippen LogP) is 0.00488. The topological polar surface area (TPSA) is 53.3 Å². The molecule has 0 saturated carbocycles. The van der Waals surface area contributed by atoms with Crippen molar-refractivity contribution in [2.45, 2.75) is 6.42 Å². The Kier molecular flexibility index (Phi) is 5.13. The molecule has 0 unspecified atom stereocenters. The van der Waals surface area contributed by atoms with Crippen LogP contribution >= 0.6 is 0 Å². The summed E-state index contributed by atoms with van der Waals surface area (Å²) in [6, 6.07) is 1.98. The maximum absolute atomic E-state index is 10.6. The van der Waals surface area contributed by atoms with Gasteiger partial charge in [0.25, 0.3) is 0 Å². The van der Waals surface area contributed by atoms with Crippen LogP contribution in [0.3, 0.4) is 0 Å². The molecule has 0 aromatic heterocycles. The van der Waals surface area contributed by atoms with E-state index < -0.39 is 0 Å². The number of esters is 1. The molecule has 0 saturated heterocycles. The molecule has 0 aromatic carbocycles. The van der Waals surface area contributed by atoms with Crippen molar-refractivity contribution in [2.24, 2.45) is 0 Å². The van der Waals surface area contributed by atoms with Crippen molar-refractivity contribution in [3.8, 4) is 6.07 Å². The monoisotopic (exact) mass is 156 g/mol. The third-order valence-corrected chi connectivity index (χ3v) is 1.27. The van der Waals surface area contributed by atoms with Crippen LogP contribution in [0.1, 0.15) is 6.42 Å². The summed E-state index contributed by atoms with van der Waals surface area (Å²) in [4.78, 5) is 12.3. The zero-order valence-corrected chi connectivity index (χ0v) is 6.83. The van der Waals surface area contributed by atoms with Gasteiger partial charge in [-0.1, -0.05) is 0 Å². The number of methoxy groups -OCH3 is 1. The van der Waals surface area contributed by atoms with E-state index in [0.29, 0.717) is 19.5 Å². The Labute approximate surface area is 66.4 Å². The third-order valence-electron chi connectivity index (χ3n) is 1.27. The Bertz CT molecular complexity index is 162. The van der Waals surface area contributed by atoms with Crippen LogP contribution in [-0.4, -0.2) is 38.1 Å². The van der Waals surface area contributed by atoms with Crippen molar-refractivity contribution in [3.63, 3.8) is 0 Å². The second kappa shape index (κ2) is 5.69. The minimum absolute atomic E-state index is 0.241. The van der Waals surface area contributed by atoms with Crippen LogP contribution in [0.2, 0.25) is 0 Å². The van der Waals surface area contributed by atoms with Crippen LogP contribution in [0.4, 0.5) is 0 Å². The van der Waals surface area contributed by atoms with E-state index in [4.69, 9.17) is 5.26 Å². The lowest BCUT2D eigenvalue weighted by Gasteiger charge is -2.09. The minimum Gasteiger partial charge on any atom is -0.469 e. The van der Waals surface area contributed by atoms with E-state index in [1.54, 1.807) is 11.9 Å². The molecule has 0 bridgehead atoms. The van der Waals surface area contributed by atoms with Gasteiger partial charge in [-0.25, -0.2) is 0 Å². The lowest BCUT2D eigenvalue weighted by Crippen LogP contribution is -2.22. The van der Waals surface area contributed by atoms with Gasteiger partial charge in [0.2, 0.25) is 0 Å². The predicted molar refractivity (Wildman–Crippen MR) is 39.7 cm³/mol. The number of carbonyl (C=O) groups is 1. The number of hydrogen-bond donors (Lipinski definition) is 0. The molecule has 11 heavy (non-hydrogen) atoms. The van der Waals surface area contributed by atoms with Crippen LogP contribution in [0.25, 0.3) is 0 Å². The quantitative estimate of drug-likeness (QED) is 0.425. The highest BCUT2D eigenvalue weighted by molar-refractivity contribution is 5.69. The Balaban J connectivity index is 3.39. The maximum atomic E-state index is 10.6. The number of carbonyl (C=O) groups excluding carboxylic acids is 1. The fourth-order valence-corrected chi connectivity index (χ4v) is 0.584. The molecule has 0 radical (unpaired) electrons. The second-order valence-electron chi connectivity index (χ2n) is 2.22. The van der Waals surface area contributed by atoms with Gasteiger partial charge in [-0.3, -0.25) is 9.69 Å². The van der Waals surface area contributed by atoms with Gasteiger partial charge in [0.1, 0.15) is 0 Å². The second-order valence-corrected chi connectivity index (χ2v) is 2.22. The normalized spacial score (nSPS) is 9.27. The molecule has 4 nitrogen and oxygen atoms in total. The lowest BCUT2D eigenvalue weighted by atomic mass is 10.4. The van der Waals surface area contributed by atoms with Crippen molar-refractivity contribution in [3.05, 3.63) is 0 Å². The summed E-state index contributed by atoms with van der Waals surface area (Å²) < 4.78 is 4.43. The fraction of sp³-hybridized carbons (Fsp3) is 0.714. The van der Waals surface area contributed by atoms with Crippen LogP contribution in [0, 0.1) is 11.3 Å². The molecule has 4 heteroatoms. The van der Waals surface area contributed by atoms with Gasteiger partial charge in [-0.2, -0.15) is 5.26 Å². The molecule has 0 aliphatic rings. The van der Waals surface area contributed by atoms with E-state index in [2.05, 4.69) is 4.74 Å². The number of ether oxygens (including phenoxy) is 1. The van der Waals surface area contributed by atoms with Gasteiger partial charge in [-0.15, -0.1) is 0 Å². The Morgan fingerprint density at radius 3 is 2.82 bits per heavy atom. The standard InChI is InChI=1S/C7H12N2O2/c1-9(6-4-8)5-3-7(10)11-2/h3,5-6H2,1-2H3. The molecule has 0 aliphatic carbocycles. The number of nitriles is 1. The van der Waals surface area contributed by atoms with Crippen LogP contribution in [0.5, 0.6) is 0 Å². The fourth-order valence-electron chi connectivity index (χ4n) is 0.584. The average Bonchev–Trinajstić information content (AvgIpc) is 2.01. The highest BCUT2D eigenvalue weighted by Crippen LogP contribution is 1.88. The van der Waals surface area contributed by atoms with Gasteiger partial charge < -0.3 is 4.74 Å². The lowest BCUT2D eigenvalue weighted by molar-refractivity contribution is -0.140. The van der Waals surface area contributed by atoms with Gasteiger partial charge >= 0.3 is 5.97 Å². The largest absolute Gasteiger partial charge is 0.469 e. The van der Waals surface area contributed by atoms with Gasteiger partial charge in [0, 0.05) is 6.54 Å². The Hall–Kier alpha value is -1.08. The molecule has 0 spiro atoms. The highest BCUT2D eigenvalue weighted by Gasteiger charge is 2.02. The zero-order chi connectivity index (χ0) is 8.69. The van der Waals surface area contributed by atoms with E-state index in [1.165, 1.54) is 7.11 Å². The Morgan fingerprint density at radius 1 is 1.73 bits per heavy atom. The third kappa shape index (κ3) is 5.37. The summed E-state index contributed by atoms with van der Waals surface area (Å²) in [5.41, 5.74) is 0. The summed E-state index contributed by atoms with van der Waals surface area (Å²) in [5, 5.41) is 8.25. The number of rotatable bonds is 4. The van der Waals surface area contributed by atoms with Gasteiger partial charge in [-0.05, 0) is 7.05 Å². The van der Waals surface area contributed by atoms with E-state index in [9.17, 15) is 4.79 Å². The van der Waals surface area contributed by atoms with E-state index in [-0.39, 0.29) is 5.97 Å². The van der Waals surface area contributed by atoms with Crippen molar-refractivity contribution in [1.29, 1.82) is 5.26 Å². The van der Waals surface area contributed by atoms with Crippen LogP contribution < -0.4 is 0 Å². The molecule has 0 rings (SSSR count). The number of hydrogen-bond acceptors (Lipinski definition) is 4. The molecule has 62 valence electrons. The summed E-state index contributed by atoms with van der Waals surface area (Å²) in [6.07, 6.45) is 0.342. The molecule has 0 atom stereocenters. The first-order chi connectivity index (χ1) is 5.20. The first-order valence-electron chi connectivity index (χ1n) is 3.33. The van der Waals surface area contributed by atoms with Crippen LogP contribution in [-0.2, 0) is 9.53 Å². The molecule has 0 aliphatic heterocycles. The number of nitrogens with zero attached hydrogens (tertiary/aromatic N) is 2. The smallest absolute Gasteiger partial charge is 0.306 e. The highest BCUT2D eigenvalue weighted by atomic mass is 16.5. The summed E-state index contributed by atoms with van der Waals surface area (Å²) in [5.74, 6) is -0.241. The summed E-state index contributed by atoms with van der Waals surface area (Å²) in [6.45, 7) is 0.914. The van der Waals surface area contributed by atoms with E-state index in [0.717, 1.165) is 0 Å². The van der Waals surface area contributed by atoms with E-state index >= 15 is 0 Å². The minimum atomic E-state index is -0.241. The first kappa shape index (κ1) is 9.92. The molecule has 0 fully saturated rings. The van der Waals surface area contributed by atoms with Crippen molar-refractivity contribution < 1.29 is 9.53 Å². The van der Waals surface area contributed by atoms with E-state index in [1.807, 2.05) is 6.07 Å². The molecular weight excluding hydrogens is 144 g/mol. The van der Waals surface area contributed by atoms with Gasteiger partial charge in [0.15, 0.2) is 0 Å². The molecular formula is C7H12N2O2. The molecule has 0 N–H and O–H groups in total. The maximum Gasteiger partial charge on any atom is 0.306 e. The molecule has 0 aromatic rings.